The Kier molecular flexibility index (Phi) is 4.71. The number of hydrogen-bond donors (Lipinski definition) is 3. The van der Waals surface area contributed by atoms with Crippen molar-refractivity contribution in [3.8, 4) is 27.1 Å². The Balaban J connectivity index is 1.43. The highest BCUT2D eigenvalue weighted by atomic mass is 32.1. The summed E-state index contributed by atoms with van der Waals surface area (Å²) < 4.78 is 1.19. The second-order valence-electron chi connectivity index (χ2n) is 6.74. The van der Waals surface area contributed by atoms with E-state index in [-0.39, 0.29) is 6.04 Å². The van der Waals surface area contributed by atoms with E-state index < -0.39 is 0 Å². The fraction of sp³-hybridized carbons (Fsp3) is 0.0455. The van der Waals surface area contributed by atoms with Crippen LogP contribution in [-0.4, -0.2) is 10.1 Å². The van der Waals surface area contributed by atoms with Gasteiger partial charge in [-0.05, 0) is 42.0 Å². The van der Waals surface area contributed by atoms with Gasteiger partial charge in [-0.2, -0.15) is 5.26 Å². The molecule has 4 N–H and O–H groups in total. The largest absolute Gasteiger partial charge is 0.384 e. The van der Waals surface area contributed by atoms with Gasteiger partial charge >= 0.3 is 0 Å². The number of nitrogens with two attached hydrogens (primary N) is 1. The van der Waals surface area contributed by atoms with Crippen LogP contribution in [0.15, 0.2) is 72.1 Å². The number of nitrogens with zero attached hydrogens (tertiary/aromatic N) is 2. The smallest absolute Gasteiger partial charge is 0.172 e. The molecule has 1 atom stereocenters. The lowest BCUT2D eigenvalue weighted by Gasteiger charge is -2.25. The van der Waals surface area contributed by atoms with Gasteiger partial charge in [-0.1, -0.05) is 36.4 Å². The van der Waals surface area contributed by atoms with E-state index in [0.717, 1.165) is 31.4 Å². The van der Waals surface area contributed by atoms with Crippen LogP contribution >= 0.6 is 34.9 Å². The molecule has 0 amide bonds. The number of aromatic nitrogens is 1. The van der Waals surface area contributed by atoms with E-state index in [9.17, 15) is 5.26 Å². The molecule has 0 saturated carbocycles. The molecule has 4 aromatic rings. The van der Waals surface area contributed by atoms with Gasteiger partial charge in [0.1, 0.15) is 22.9 Å². The van der Waals surface area contributed by atoms with Crippen LogP contribution < -0.4 is 16.4 Å². The van der Waals surface area contributed by atoms with Crippen molar-refractivity contribution in [2.24, 2.45) is 5.73 Å². The summed E-state index contributed by atoms with van der Waals surface area (Å²) >= 11 is 8.51. The van der Waals surface area contributed by atoms with Gasteiger partial charge in [0.05, 0.1) is 15.8 Å². The van der Waals surface area contributed by atoms with Crippen molar-refractivity contribution in [2.45, 2.75) is 6.04 Å². The van der Waals surface area contributed by atoms with Crippen molar-refractivity contribution < 1.29 is 0 Å². The molecule has 1 aliphatic heterocycles. The number of benzene rings is 2. The van der Waals surface area contributed by atoms with Crippen molar-refractivity contribution in [3.05, 3.63) is 76.9 Å². The molecule has 0 bridgehead atoms. The number of thiocarbonyl (C=S) groups is 1. The highest BCUT2D eigenvalue weighted by Crippen LogP contribution is 2.36. The third-order valence-corrected chi connectivity index (χ3v) is 7.35. The third kappa shape index (κ3) is 3.33. The van der Waals surface area contributed by atoms with E-state index in [2.05, 4.69) is 53.1 Å². The zero-order valence-corrected chi connectivity index (χ0v) is 18.0. The Morgan fingerprint density at radius 1 is 1.00 bits per heavy atom. The number of nitriles is 1. The standard InChI is InChI=1S/C22H15N5S3/c23-11-14-19(26-22(28)27-20(14)24)18-10-9-16(29-18)12-5-7-13(8-6-12)21-25-15-3-1-2-4-17(15)30-21/h1-10,19H,24H2,(H2,26,27,28). The SMILES string of the molecule is N#CC1=C(N)NC(=S)NC1c1ccc(-c2ccc(-c3nc4ccccc4s3)cc2)s1. The van der Waals surface area contributed by atoms with Crippen LogP contribution in [-0.2, 0) is 0 Å². The minimum atomic E-state index is -0.329. The maximum Gasteiger partial charge on any atom is 0.172 e. The minimum absolute atomic E-state index is 0.307. The predicted molar refractivity (Wildman–Crippen MR) is 127 cm³/mol. The molecule has 146 valence electrons. The Morgan fingerprint density at radius 3 is 2.53 bits per heavy atom. The van der Waals surface area contributed by atoms with Crippen LogP contribution in [0.1, 0.15) is 10.9 Å². The van der Waals surface area contributed by atoms with E-state index in [0.29, 0.717) is 16.5 Å². The van der Waals surface area contributed by atoms with Gasteiger partial charge in [0, 0.05) is 15.3 Å². The summed E-state index contributed by atoms with van der Waals surface area (Å²) in [6.07, 6.45) is 0. The molecule has 5 rings (SSSR count). The number of hydrogen-bond acceptors (Lipinski definition) is 6. The van der Waals surface area contributed by atoms with E-state index >= 15 is 0 Å². The van der Waals surface area contributed by atoms with E-state index in [1.165, 1.54) is 4.70 Å². The van der Waals surface area contributed by atoms with Crippen molar-refractivity contribution in [2.75, 3.05) is 0 Å². The first-order valence-electron chi connectivity index (χ1n) is 9.16. The molecule has 5 nitrogen and oxygen atoms in total. The van der Waals surface area contributed by atoms with Crippen LogP contribution in [0.3, 0.4) is 0 Å². The quantitative estimate of drug-likeness (QED) is 0.389. The van der Waals surface area contributed by atoms with Crippen LogP contribution in [0.5, 0.6) is 0 Å². The van der Waals surface area contributed by atoms with Crippen LogP contribution in [0.4, 0.5) is 0 Å². The molecule has 0 fully saturated rings. The number of rotatable bonds is 3. The van der Waals surface area contributed by atoms with Gasteiger partial charge in [0.25, 0.3) is 0 Å². The summed E-state index contributed by atoms with van der Waals surface area (Å²) in [6, 6.07) is 22.5. The molecule has 1 aliphatic rings. The molecular weight excluding hydrogens is 430 g/mol. The Morgan fingerprint density at radius 2 is 1.77 bits per heavy atom. The van der Waals surface area contributed by atoms with Crippen molar-refractivity contribution >= 4 is 50.2 Å². The molecule has 0 spiro atoms. The van der Waals surface area contributed by atoms with Gasteiger partial charge in [0.15, 0.2) is 5.11 Å². The maximum absolute atomic E-state index is 9.48. The molecular formula is C22H15N5S3. The van der Waals surface area contributed by atoms with Gasteiger partial charge < -0.3 is 16.4 Å². The lowest BCUT2D eigenvalue weighted by Crippen LogP contribution is -2.45. The summed E-state index contributed by atoms with van der Waals surface area (Å²) in [7, 11) is 0. The fourth-order valence-electron chi connectivity index (χ4n) is 3.36. The van der Waals surface area contributed by atoms with Gasteiger partial charge in [0.2, 0.25) is 0 Å². The first-order chi connectivity index (χ1) is 14.6. The highest BCUT2D eigenvalue weighted by Gasteiger charge is 2.27. The zero-order chi connectivity index (χ0) is 20.7. The fourth-order valence-corrected chi connectivity index (χ4v) is 5.63. The lowest BCUT2D eigenvalue weighted by molar-refractivity contribution is 0.717. The van der Waals surface area contributed by atoms with Crippen LogP contribution in [0, 0.1) is 11.3 Å². The lowest BCUT2D eigenvalue weighted by atomic mass is 10.1. The number of fused-ring (bicyclic) bond motifs is 1. The predicted octanol–water partition coefficient (Wildman–Crippen LogP) is 4.90. The topological polar surface area (TPSA) is 86.8 Å². The summed E-state index contributed by atoms with van der Waals surface area (Å²) in [4.78, 5) is 6.83. The molecule has 3 heterocycles. The van der Waals surface area contributed by atoms with Gasteiger partial charge in [-0.15, -0.1) is 22.7 Å². The molecule has 1 unspecified atom stereocenters. The molecule has 8 heteroatoms. The normalized spacial score (nSPS) is 16.2. The first-order valence-corrected chi connectivity index (χ1v) is 11.2. The van der Waals surface area contributed by atoms with Crippen LogP contribution in [0.2, 0.25) is 0 Å². The van der Waals surface area contributed by atoms with Crippen LogP contribution in [0.25, 0.3) is 31.2 Å². The number of thiophene rings is 1. The number of para-hydroxylation sites is 1. The molecule has 30 heavy (non-hydrogen) atoms. The average molecular weight is 446 g/mol. The molecule has 0 saturated heterocycles. The summed E-state index contributed by atoms with van der Waals surface area (Å²) in [5.74, 6) is 0.307. The first kappa shape index (κ1) is 18.8. The Labute approximate surface area is 186 Å². The Hall–Kier alpha value is -3.25. The summed E-state index contributed by atoms with van der Waals surface area (Å²) in [5, 5.41) is 16.9. The van der Waals surface area contributed by atoms with E-state index in [1.807, 2.05) is 24.3 Å². The van der Waals surface area contributed by atoms with Crippen molar-refractivity contribution in [1.29, 1.82) is 5.26 Å². The monoisotopic (exact) mass is 445 g/mol. The highest BCUT2D eigenvalue weighted by molar-refractivity contribution is 7.80. The molecule has 0 aliphatic carbocycles. The summed E-state index contributed by atoms with van der Waals surface area (Å²) in [6.45, 7) is 0. The van der Waals surface area contributed by atoms with Gasteiger partial charge in [-0.25, -0.2) is 4.98 Å². The minimum Gasteiger partial charge on any atom is -0.384 e. The second kappa shape index (κ2) is 7.54. The van der Waals surface area contributed by atoms with E-state index in [4.69, 9.17) is 22.9 Å². The van der Waals surface area contributed by atoms with E-state index in [1.54, 1.807) is 22.7 Å². The van der Waals surface area contributed by atoms with Gasteiger partial charge in [-0.3, -0.25) is 0 Å². The third-order valence-electron chi connectivity index (χ3n) is 4.84. The summed E-state index contributed by atoms with van der Waals surface area (Å²) in [5.41, 5.74) is 9.63. The van der Waals surface area contributed by atoms with Crippen molar-refractivity contribution in [3.63, 3.8) is 0 Å². The van der Waals surface area contributed by atoms with Crippen molar-refractivity contribution in [1.82, 2.24) is 15.6 Å². The maximum atomic E-state index is 9.48. The number of thiazole rings is 1. The Bertz CT molecular complexity index is 1310. The molecule has 2 aromatic carbocycles. The molecule has 0 radical (unpaired) electrons. The zero-order valence-electron chi connectivity index (χ0n) is 15.5. The molecule has 2 aromatic heterocycles. The second-order valence-corrected chi connectivity index (χ2v) is 9.29. The number of nitrogens with one attached hydrogen (secondary N) is 2. The average Bonchev–Trinajstić information content (AvgIpc) is 3.41.